The summed E-state index contributed by atoms with van der Waals surface area (Å²) in [6.45, 7) is 5.64. The molecule has 9 aromatic rings. The highest BCUT2D eigenvalue weighted by molar-refractivity contribution is 7.99. The fraction of sp³-hybridized carbons (Fsp3) is 0.174. The van der Waals surface area contributed by atoms with Crippen molar-refractivity contribution in [1.29, 1.82) is 0 Å². The predicted octanol–water partition coefficient (Wildman–Crippen LogP) is 10.7. The van der Waals surface area contributed by atoms with Crippen LogP contribution in [0.1, 0.15) is 0 Å². The minimum absolute atomic E-state index is 0.859. The van der Waals surface area contributed by atoms with Gasteiger partial charge in [-0.05, 0) is 48.5 Å². The Morgan fingerprint density at radius 2 is 1.40 bits per heavy atom. The van der Waals surface area contributed by atoms with Crippen LogP contribution < -0.4 is 15.1 Å². The Morgan fingerprint density at radius 1 is 0.636 bits per heavy atom. The van der Waals surface area contributed by atoms with Gasteiger partial charge in [-0.25, -0.2) is 4.98 Å². The van der Waals surface area contributed by atoms with Crippen molar-refractivity contribution < 1.29 is 4.42 Å². The quantitative estimate of drug-likeness (QED) is 0.175. The first-order valence-electron chi connectivity index (χ1n) is 19.1. The highest BCUT2D eigenvalue weighted by Crippen LogP contribution is 2.58. The van der Waals surface area contributed by atoms with Gasteiger partial charge in [0.25, 0.3) is 0 Å². The topological polar surface area (TPSA) is 73.2 Å². The molecule has 270 valence electrons. The number of anilines is 2. The molecule has 0 radical (unpaired) electrons. The van der Waals surface area contributed by atoms with E-state index in [2.05, 4.69) is 123 Å². The number of aromatic nitrogens is 3. The molecule has 0 bridgehead atoms. The van der Waals surface area contributed by atoms with Gasteiger partial charge in [0.15, 0.2) is 0 Å². The van der Waals surface area contributed by atoms with Crippen LogP contribution >= 0.6 is 23.1 Å². The SMILES string of the molecule is c1ccc(-c2c(N3CCNCC3)c(N3CCSCC3)c3sc(-c4cc5ccccc5o4)c(-c4ccc5ccccc5n4)c3c2-c2cc3ccccc3[nH]2)nc1. The number of piperazine rings is 1. The normalized spacial score (nSPS) is 15.2. The summed E-state index contributed by atoms with van der Waals surface area (Å²) in [6.07, 6.45) is 1.94. The van der Waals surface area contributed by atoms with Crippen molar-refractivity contribution in [1.82, 2.24) is 20.3 Å². The molecule has 7 heterocycles. The fourth-order valence-electron chi connectivity index (χ4n) is 8.54. The van der Waals surface area contributed by atoms with Crippen LogP contribution in [0, 0.1) is 0 Å². The van der Waals surface area contributed by atoms with E-state index in [1.807, 2.05) is 41.4 Å². The maximum absolute atomic E-state index is 6.80. The number of rotatable bonds is 6. The largest absolute Gasteiger partial charge is 0.455 e. The molecule has 2 aliphatic rings. The number of thioether (sulfide) groups is 1. The van der Waals surface area contributed by atoms with Gasteiger partial charge in [-0.2, -0.15) is 11.8 Å². The van der Waals surface area contributed by atoms with E-state index in [4.69, 9.17) is 14.4 Å². The summed E-state index contributed by atoms with van der Waals surface area (Å²) in [6, 6.07) is 40.6. The Hall–Kier alpha value is -5.61. The van der Waals surface area contributed by atoms with Crippen LogP contribution in [0.2, 0.25) is 0 Å². The number of hydrogen-bond acceptors (Lipinski definition) is 8. The second-order valence-electron chi connectivity index (χ2n) is 14.3. The molecule has 0 unspecified atom stereocenters. The number of para-hydroxylation sites is 3. The molecular weight excluding hydrogens is 717 g/mol. The highest BCUT2D eigenvalue weighted by Gasteiger charge is 2.35. The third-order valence-corrected chi connectivity index (χ3v) is 13.2. The summed E-state index contributed by atoms with van der Waals surface area (Å²) >= 11 is 3.90. The highest BCUT2D eigenvalue weighted by atomic mass is 32.2. The standard InChI is InChI=1S/C46H38N6OS2/c1-4-12-32-29(9-1)16-17-35(49-32)41-42-39(36-27-30-10-2-5-13-33(30)50-36)40(34-14-7-8-18-48-34)43(51-21-19-47-20-22-51)44(52-23-25-54-26-24-52)46(42)55-45(41)38-28-31-11-3-6-15-37(31)53-38/h1-18,27-28,47,50H,19-26H2. The monoisotopic (exact) mass is 754 g/mol. The number of thiophene rings is 1. The van der Waals surface area contributed by atoms with E-state index in [0.29, 0.717) is 0 Å². The van der Waals surface area contributed by atoms with Crippen molar-refractivity contribution in [2.24, 2.45) is 0 Å². The van der Waals surface area contributed by atoms with Crippen molar-refractivity contribution in [3.63, 3.8) is 0 Å². The summed E-state index contributed by atoms with van der Waals surface area (Å²) < 4.78 is 8.06. The molecule has 0 aliphatic carbocycles. The zero-order chi connectivity index (χ0) is 36.3. The molecule has 2 aliphatic heterocycles. The molecule has 2 fully saturated rings. The maximum atomic E-state index is 6.80. The molecule has 0 atom stereocenters. The van der Waals surface area contributed by atoms with E-state index in [1.54, 1.807) is 0 Å². The number of nitrogens with zero attached hydrogens (tertiary/aromatic N) is 4. The van der Waals surface area contributed by atoms with Gasteiger partial charge in [0, 0.05) is 106 Å². The van der Waals surface area contributed by atoms with Crippen molar-refractivity contribution >= 4 is 77.3 Å². The van der Waals surface area contributed by atoms with Crippen LogP contribution in [-0.2, 0) is 0 Å². The number of benzene rings is 4. The summed E-state index contributed by atoms with van der Waals surface area (Å²) in [5, 5.41) is 8.20. The fourth-order valence-corrected chi connectivity index (χ4v) is 10.8. The summed E-state index contributed by atoms with van der Waals surface area (Å²) in [5.74, 6) is 3.04. The van der Waals surface area contributed by atoms with Gasteiger partial charge in [0.05, 0.1) is 37.9 Å². The molecule has 4 aromatic carbocycles. The molecule has 7 nitrogen and oxygen atoms in total. The van der Waals surface area contributed by atoms with Gasteiger partial charge in [-0.3, -0.25) is 4.98 Å². The molecular formula is C46H38N6OS2. The van der Waals surface area contributed by atoms with E-state index in [-0.39, 0.29) is 0 Å². The van der Waals surface area contributed by atoms with E-state index in [9.17, 15) is 0 Å². The van der Waals surface area contributed by atoms with E-state index >= 15 is 0 Å². The van der Waals surface area contributed by atoms with E-state index in [1.165, 1.54) is 26.8 Å². The average molecular weight is 755 g/mol. The third kappa shape index (κ3) is 5.60. The lowest BCUT2D eigenvalue weighted by Gasteiger charge is -2.38. The second-order valence-corrected chi connectivity index (χ2v) is 16.6. The van der Waals surface area contributed by atoms with Crippen LogP contribution in [0.15, 0.2) is 126 Å². The van der Waals surface area contributed by atoms with E-state index < -0.39 is 0 Å². The first kappa shape index (κ1) is 32.8. The van der Waals surface area contributed by atoms with Gasteiger partial charge < -0.3 is 24.5 Å². The van der Waals surface area contributed by atoms with Gasteiger partial charge in [0.2, 0.25) is 0 Å². The Morgan fingerprint density at radius 3 is 2.22 bits per heavy atom. The molecule has 0 spiro atoms. The second kappa shape index (κ2) is 13.6. The smallest absolute Gasteiger partial charge is 0.146 e. The minimum atomic E-state index is 0.859. The van der Waals surface area contributed by atoms with Crippen molar-refractivity contribution in [3.05, 3.63) is 121 Å². The van der Waals surface area contributed by atoms with Crippen LogP contribution in [0.4, 0.5) is 11.4 Å². The number of nitrogens with one attached hydrogen (secondary N) is 2. The number of furan rings is 1. The average Bonchev–Trinajstić information content (AvgIpc) is 3.99. The first-order chi connectivity index (χ1) is 27.3. The number of aromatic amines is 1. The number of fused-ring (bicyclic) bond motifs is 4. The molecule has 2 N–H and O–H groups in total. The Bertz CT molecular complexity index is 2800. The number of H-pyrrole nitrogens is 1. The molecule has 55 heavy (non-hydrogen) atoms. The lowest BCUT2D eigenvalue weighted by Crippen LogP contribution is -2.45. The summed E-state index contributed by atoms with van der Waals surface area (Å²) in [7, 11) is 0. The van der Waals surface area contributed by atoms with Crippen molar-refractivity contribution in [2.75, 3.05) is 60.6 Å². The molecule has 2 saturated heterocycles. The van der Waals surface area contributed by atoms with Gasteiger partial charge in [0.1, 0.15) is 11.3 Å². The van der Waals surface area contributed by atoms with Crippen molar-refractivity contribution in [2.45, 2.75) is 0 Å². The van der Waals surface area contributed by atoms with Gasteiger partial charge in [-0.1, -0.05) is 66.7 Å². The van der Waals surface area contributed by atoms with Crippen LogP contribution in [-0.4, -0.2) is 65.7 Å². The van der Waals surface area contributed by atoms with E-state index in [0.717, 1.165) is 123 Å². The summed E-state index contributed by atoms with van der Waals surface area (Å²) in [5.41, 5.74) is 11.9. The first-order valence-corrected chi connectivity index (χ1v) is 21.0. The molecule has 0 amide bonds. The Kier molecular flexibility index (Phi) is 8.11. The zero-order valence-electron chi connectivity index (χ0n) is 30.2. The number of pyridine rings is 2. The lowest BCUT2D eigenvalue weighted by atomic mass is 9.89. The van der Waals surface area contributed by atoms with Gasteiger partial charge in [-0.15, -0.1) is 11.3 Å². The Balaban J connectivity index is 1.36. The summed E-state index contributed by atoms with van der Waals surface area (Å²) in [4.78, 5) is 20.9. The third-order valence-electron chi connectivity index (χ3n) is 11.1. The zero-order valence-corrected chi connectivity index (χ0v) is 31.9. The molecule has 0 saturated carbocycles. The number of hydrogen-bond donors (Lipinski definition) is 2. The molecule has 11 rings (SSSR count). The minimum Gasteiger partial charge on any atom is -0.455 e. The van der Waals surface area contributed by atoms with Crippen LogP contribution in [0.5, 0.6) is 0 Å². The molecule has 5 aromatic heterocycles. The van der Waals surface area contributed by atoms with Crippen LogP contribution in [0.25, 0.3) is 87.3 Å². The Labute approximate surface area is 327 Å². The van der Waals surface area contributed by atoms with Crippen molar-refractivity contribution in [3.8, 4) is 44.4 Å². The van der Waals surface area contributed by atoms with Crippen LogP contribution in [0.3, 0.4) is 0 Å². The van der Waals surface area contributed by atoms with Gasteiger partial charge >= 0.3 is 0 Å². The lowest BCUT2D eigenvalue weighted by molar-refractivity contribution is 0.589. The predicted molar refractivity (Wildman–Crippen MR) is 233 cm³/mol. The maximum Gasteiger partial charge on any atom is 0.146 e. The molecule has 9 heteroatoms.